The number of hydrogen-bond acceptors (Lipinski definition) is 3. The molecule has 0 atom stereocenters. The van der Waals surface area contributed by atoms with Gasteiger partial charge in [-0.15, -0.1) is 0 Å². The number of carbonyl (C=O) groups excluding carboxylic acids is 2. The Morgan fingerprint density at radius 1 is 1.04 bits per heavy atom. The fourth-order valence-electron chi connectivity index (χ4n) is 4.96. The zero-order valence-electron chi connectivity index (χ0n) is 16.1. The van der Waals surface area contributed by atoms with E-state index in [0.29, 0.717) is 24.1 Å². The van der Waals surface area contributed by atoms with Gasteiger partial charge in [0.05, 0.1) is 0 Å². The van der Waals surface area contributed by atoms with E-state index in [9.17, 15) is 9.59 Å². The standard InChI is InChI=1S/C21H32N4O2/c26-20(10-14-6-4-5-7-14)22-17-11-16(12-17)18-13-19(25-24-18)23-21(27)15-8-2-1-3-9-15/h13-17H,1-12H2,(H,22,26)(H2,23,24,25,27). The summed E-state index contributed by atoms with van der Waals surface area (Å²) < 4.78 is 0. The van der Waals surface area contributed by atoms with Crippen LogP contribution in [0.3, 0.4) is 0 Å². The van der Waals surface area contributed by atoms with Crippen LogP contribution in [0.1, 0.15) is 88.7 Å². The van der Waals surface area contributed by atoms with Crippen molar-refractivity contribution < 1.29 is 9.59 Å². The zero-order valence-corrected chi connectivity index (χ0v) is 16.1. The van der Waals surface area contributed by atoms with Gasteiger partial charge in [0.15, 0.2) is 5.82 Å². The van der Waals surface area contributed by atoms with E-state index < -0.39 is 0 Å². The van der Waals surface area contributed by atoms with Gasteiger partial charge in [-0.2, -0.15) is 5.10 Å². The number of nitrogens with one attached hydrogen (secondary N) is 3. The Bertz CT molecular complexity index is 653. The number of rotatable bonds is 6. The number of amides is 2. The molecule has 4 rings (SSSR count). The third kappa shape index (κ3) is 4.71. The van der Waals surface area contributed by atoms with Gasteiger partial charge in [-0.3, -0.25) is 14.7 Å². The fourth-order valence-corrected chi connectivity index (χ4v) is 4.96. The van der Waals surface area contributed by atoms with Crippen LogP contribution in [0.4, 0.5) is 5.82 Å². The summed E-state index contributed by atoms with van der Waals surface area (Å²) in [5.41, 5.74) is 1.07. The summed E-state index contributed by atoms with van der Waals surface area (Å²) in [4.78, 5) is 24.5. The Morgan fingerprint density at radius 3 is 2.48 bits per heavy atom. The highest BCUT2D eigenvalue weighted by Crippen LogP contribution is 2.37. The summed E-state index contributed by atoms with van der Waals surface area (Å²) in [7, 11) is 0. The molecule has 1 aromatic heterocycles. The summed E-state index contributed by atoms with van der Waals surface area (Å²) in [6.07, 6.45) is 13.1. The second-order valence-corrected chi connectivity index (χ2v) is 8.82. The molecule has 2 amide bonds. The Hall–Kier alpha value is -1.85. The maximum atomic E-state index is 12.3. The topological polar surface area (TPSA) is 86.9 Å². The first-order valence-corrected chi connectivity index (χ1v) is 10.8. The van der Waals surface area contributed by atoms with Crippen molar-refractivity contribution in [1.82, 2.24) is 15.5 Å². The van der Waals surface area contributed by atoms with Crippen LogP contribution in [-0.4, -0.2) is 28.1 Å². The molecule has 148 valence electrons. The van der Waals surface area contributed by atoms with Crippen LogP contribution in [0.2, 0.25) is 0 Å². The highest BCUT2D eigenvalue weighted by molar-refractivity contribution is 5.91. The van der Waals surface area contributed by atoms with E-state index in [1.54, 1.807) is 0 Å². The second-order valence-electron chi connectivity index (χ2n) is 8.82. The van der Waals surface area contributed by atoms with Crippen LogP contribution < -0.4 is 10.6 Å². The highest BCUT2D eigenvalue weighted by Gasteiger charge is 2.33. The SMILES string of the molecule is O=C(CC1CCCC1)NC1CC(c2cc(NC(=O)C3CCCCC3)n[nH]2)C1. The molecule has 3 aliphatic carbocycles. The predicted octanol–water partition coefficient (Wildman–Crippen LogP) is 3.87. The van der Waals surface area contributed by atoms with Crippen LogP contribution in [-0.2, 0) is 9.59 Å². The molecular weight excluding hydrogens is 340 g/mol. The monoisotopic (exact) mass is 372 g/mol. The lowest BCUT2D eigenvalue weighted by Crippen LogP contribution is -2.43. The molecule has 3 saturated carbocycles. The summed E-state index contributed by atoms with van der Waals surface area (Å²) in [5.74, 6) is 2.10. The third-order valence-corrected chi connectivity index (χ3v) is 6.72. The minimum atomic E-state index is 0.110. The molecule has 6 nitrogen and oxygen atoms in total. The van der Waals surface area contributed by atoms with Gasteiger partial charge in [0, 0.05) is 36.1 Å². The molecule has 0 aliphatic heterocycles. The van der Waals surface area contributed by atoms with Gasteiger partial charge in [-0.25, -0.2) is 0 Å². The number of carbonyl (C=O) groups is 2. The maximum absolute atomic E-state index is 12.3. The molecule has 0 radical (unpaired) electrons. The van der Waals surface area contributed by atoms with Crippen molar-refractivity contribution in [2.24, 2.45) is 11.8 Å². The summed E-state index contributed by atoms with van der Waals surface area (Å²) in [5, 5.41) is 13.5. The van der Waals surface area contributed by atoms with E-state index in [4.69, 9.17) is 0 Å². The predicted molar refractivity (Wildman–Crippen MR) is 104 cm³/mol. The zero-order chi connectivity index (χ0) is 18.6. The molecule has 0 spiro atoms. The quantitative estimate of drug-likeness (QED) is 0.708. The van der Waals surface area contributed by atoms with E-state index >= 15 is 0 Å². The summed E-state index contributed by atoms with van der Waals surface area (Å²) in [6.45, 7) is 0. The van der Waals surface area contributed by atoms with Gasteiger partial charge in [-0.1, -0.05) is 32.1 Å². The number of anilines is 1. The van der Waals surface area contributed by atoms with Crippen LogP contribution >= 0.6 is 0 Å². The van der Waals surface area contributed by atoms with Gasteiger partial charge >= 0.3 is 0 Å². The van der Waals surface area contributed by atoms with Crippen molar-refractivity contribution in [3.05, 3.63) is 11.8 Å². The van der Waals surface area contributed by atoms with Crippen molar-refractivity contribution >= 4 is 17.6 Å². The lowest BCUT2D eigenvalue weighted by atomic mass is 9.78. The van der Waals surface area contributed by atoms with Gasteiger partial charge in [0.1, 0.15) is 0 Å². The Morgan fingerprint density at radius 2 is 1.74 bits per heavy atom. The van der Waals surface area contributed by atoms with E-state index in [1.807, 2.05) is 6.07 Å². The molecule has 1 aromatic rings. The van der Waals surface area contributed by atoms with Crippen molar-refractivity contribution in [3.63, 3.8) is 0 Å². The third-order valence-electron chi connectivity index (χ3n) is 6.72. The van der Waals surface area contributed by atoms with Crippen LogP contribution in [0, 0.1) is 11.8 Å². The van der Waals surface area contributed by atoms with Crippen molar-refractivity contribution in [2.75, 3.05) is 5.32 Å². The second kappa shape index (κ2) is 8.44. The normalized spacial score (nSPS) is 26.5. The van der Waals surface area contributed by atoms with E-state index in [-0.39, 0.29) is 23.8 Å². The molecule has 0 aromatic carbocycles. The summed E-state index contributed by atoms with van der Waals surface area (Å²) in [6, 6.07) is 2.24. The molecule has 1 heterocycles. The number of nitrogens with zero attached hydrogens (tertiary/aromatic N) is 1. The largest absolute Gasteiger partial charge is 0.353 e. The number of aromatic nitrogens is 2. The molecule has 3 fully saturated rings. The minimum Gasteiger partial charge on any atom is -0.353 e. The van der Waals surface area contributed by atoms with Crippen LogP contribution in [0.25, 0.3) is 0 Å². The minimum absolute atomic E-state index is 0.110. The Labute approximate surface area is 161 Å². The van der Waals surface area contributed by atoms with Crippen molar-refractivity contribution in [1.29, 1.82) is 0 Å². The van der Waals surface area contributed by atoms with E-state index in [2.05, 4.69) is 20.8 Å². The van der Waals surface area contributed by atoms with Crippen molar-refractivity contribution in [2.45, 2.75) is 89.0 Å². The number of H-pyrrole nitrogens is 1. The first-order chi connectivity index (χ1) is 13.2. The Kier molecular flexibility index (Phi) is 5.79. The molecule has 6 heteroatoms. The van der Waals surface area contributed by atoms with Gasteiger partial charge in [0.25, 0.3) is 0 Å². The number of hydrogen-bond donors (Lipinski definition) is 3. The fraction of sp³-hybridized carbons (Fsp3) is 0.762. The molecule has 0 bridgehead atoms. The molecule has 0 saturated heterocycles. The smallest absolute Gasteiger partial charge is 0.228 e. The average Bonchev–Trinajstić information content (AvgIpc) is 3.30. The molecule has 3 N–H and O–H groups in total. The Balaban J connectivity index is 1.19. The van der Waals surface area contributed by atoms with E-state index in [0.717, 1.165) is 44.2 Å². The van der Waals surface area contributed by atoms with E-state index in [1.165, 1.54) is 32.1 Å². The molecule has 27 heavy (non-hydrogen) atoms. The van der Waals surface area contributed by atoms with Gasteiger partial charge in [0.2, 0.25) is 11.8 Å². The molecule has 0 unspecified atom stereocenters. The van der Waals surface area contributed by atoms with Crippen LogP contribution in [0.5, 0.6) is 0 Å². The van der Waals surface area contributed by atoms with Gasteiger partial charge in [-0.05, 0) is 44.4 Å². The maximum Gasteiger partial charge on any atom is 0.228 e. The average molecular weight is 373 g/mol. The molecular formula is C21H32N4O2. The first-order valence-electron chi connectivity index (χ1n) is 10.8. The number of aromatic amines is 1. The lowest BCUT2D eigenvalue weighted by molar-refractivity contribution is -0.123. The first kappa shape index (κ1) is 18.5. The highest BCUT2D eigenvalue weighted by atomic mass is 16.2. The van der Waals surface area contributed by atoms with Crippen LogP contribution in [0.15, 0.2) is 6.07 Å². The lowest BCUT2D eigenvalue weighted by Gasteiger charge is -2.35. The van der Waals surface area contributed by atoms with Crippen molar-refractivity contribution in [3.8, 4) is 0 Å². The summed E-state index contributed by atoms with van der Waals surface area (Å²) >= 11 is 0. The molecule has 3 aliphatic rings. The van der Waals surface area contributed by atoms with Gasteiger partial charge < -0.3 is 10.6 Å².